The fourth-order valence-corrected chi connectivity index (χ4v) is 2.40. The third kappa shape index (κ3) is 2.67. The summed E-state index contributed by atoms with van der Waals surface area (Å²) in [5, 5.41) is 9.90. The predicted molar refractivity (Wildman–Crippen MR) is 64.6 cm³/mol. The smallest absolute Gasteiger partial charge is 0.272 e. The van der Waals surface area contributed by atoms with Crippen LogP contribution in [0.3, 0.4) is 0 Å². The largest absolute Gasteiger partial charge is 0.391 e. The van der Waals surface area contributed by atoms with Gasteiger partial charge in [0.05, 0.1) is 12.1 Å². The van der Waals surface area contributed by atoms with Gasteiger partial charge in [-0.1, -0.05) is 18.9 Å². The number of carbonyl (C=O) groups excluding carboxylic acids is 1. The molecule has 4 nitrogen and oxygen atoms in total. The molecular formula is C13H17FN2O2. The van der Waals surface area contributed by atoms with Crippen molar-refractivity contribution in [3.63, 3.8) is 0 Å². The number of aliphatic hydroxyl groups is 1. The summed E-state index contributed by atoms with van der Waals surface area (Å²) in [7, 11) is 1.63. The molecule has 2 unspecified atom stereocenters. The Kier molecular flexibility index (Phi) is 3.91. The van der Waals surface area contributed by atoms with Gasteiger partial charge in [-0.05, 0) is 25.0 Å². The third-order valence-electron chi connectivity index (χ3n) is 3.45. The summed E-state index contributed by atoms with van der Waals surface area (Å²) < 4.78 is 13.0. The highest BCUT2D eigenvalue weighted by molar-refractivity contribution is 5.92. The van der Waals surface area contributed by atoms with Crippen molar-refractivity contribution in [2.24, 2.45) is 0 Å². The van der Waals surface area contributed by atoms with Crippen molar-refractivity contribution in [3.05, 3.63) is 29.8 Å². The van der Waals surface area contributed by atoms with Gasteiger partial charge in [0.2, 0.25) is 5.95 Å². The van der Waals surface area contributed by atoms with Crippen LogP contribution in [-0.4, -0.2) is 40.1 Å². The Labute approximate surface area is 105 Å². The molecule has 0 bridgehead atoms. The number of halogens is 1. The number of pyridine rings is 1. The molecule has 0 radical (unpaired) electrons. The molecule has 5 heteroatoms. The lowest BCUT2D eigenvalue weighted by atomic mass is 9.91. The van der Waals surface area contributed by atoms with Crippen LogP contribution in [0.1, 0.15) is 36.2 Å². The Hall–Kier alpha value is -1.49. The first-order valence-corrected chi connectivity index (χ1v) is 6.17. The molecule has 1 N–H and O–H groups in total. The molecule has 1 aromatic heterocycles. The molecule has 2 atom stereocenters. The Balaban J connectivity index is 2.13. The van der Waals surface area contributed by atoms with Crippen LogP contribution in [0.4, 0.5) is 4.39 Å². The Morgan fingerprint density at radius 2 is 2.17 bits per heavy atom. The van der Waals surface area contributed by atoms with Gasteiger partial charge in [-0.15, -0.1) is 0 Å². The molecule has 1 heterocycles. The van der Waals surface area contributed by atoms with Crippen molar-refractivity contribution < 1.29 is 14.3 Å². The predicted octanol–water partition coefficient (Wildman–Crippen LogP) is 1.60. The molecule has 2 rings (SSSR count). The van der Waals surface area contributed by atoms with Crippen molar-refractivity contribution in [1.29, 1.82) is 0 Å². The minimum Gasteiger partial charge on any atom is -0.391 e. The molecule has 0 spiro atoms. The van der Waals surface area contributed by atoms with E-state index in [1.807, 2.05) is 0 Å². The maximum absolute atomic E-state index is 13.0. The molecule has 1 amide bonds. The monoisotopic (exact) mass is 252 g/mol. The molecule has 1 fully saturated rings. The fourth-order valence-electron chi connectivity index (χ4n) is 2.40. The van der Waals surface area contributed by atoms with Gasteiger partial charge in [-0.3, -0.25) is 4.79 Å². The maximum Gasteiger partial charge on any atom is 0.272 e. The lowest BCUT2D eigenvalue weighted by Gasteiger charge is -2.35. The van der Waals surface area contributed by atoms with Gasteiger partial charge in [0, 0.05) is 7.05 Å². The number of likely N-dealkylation sites (N-methyl/N-ethyl adjacent to an activating group) is 1. The van der Waals surface area contributed by atoms with Gasteiger partial charge < -0.3 is 10.0 Å². The number of carbonyl (C=O) groups is 1. The zero-order valence-electron chi connectivity index (χ0n) is 10.3. The second kappa shape index (κ2) is 5.44. The van der Waals surface area contributed by atoms with E-state index >= 15 is 0 Å². The fraction of sp³-hybridized carbons (Fsp3) is 0.538. The Bertz CT molecular complexity index is 439. The molecule has 1 aromatic rings. The minimum atomic E-state index is -0.668. The highest BCUT2D eigenvalue weighted by Crippen LogP contribution is 2.23. The van der Waals surface area contributed by atoms with Crippen molar-refractivity contribution in [1.82, 2.24) is 9.88 Å². The first kappa shape index (κ1) is 13.0. The second-order valence-electron chi connectivity index (χ2n) is 4.68. The van der Waals surface area contributed by atoms with Crippen LogP contribution < -0.4 is 0 Å². The molecule has 1 aliphatic carbocycles. The van der Waals surface area contributed by atoms with Gasteiger partial charge >= 0.3 is 0 Å². The molecule has 1 aliphatic rings. The highest BCUT2D eigenvalue weighted by Gasteiger charge is 2.30. The Morgan fingerprint density at radius 3 is 2.83 bits per heavy atom. The van der Waals surface area contributed by atoms with E-state index in [9.17, 15) is 14.3 Å². The maximum atomic E-state index is 13.0. The van der Waals surface area contributed by atoms with E-state index in [-0.39, 0.29) is 17.6 Å². The van der Waals surface area contributed by atoms with Crippen LogP contribution in [0.25, 0.3) is 0 Å². The average Bonchev–Trinajstić information content (AvgIpc) is 2.37. The zero-order chi connectivity index (χ0) is 13.1. The van der Waals surface area contributed by atoms with E-state index in [1.54, 1.807) is 7.05 Å². The number of aromatic nitrogens is 1. The summed E-state index contributed by atoms with van der Waals surface area (Å²) in [4.78, 5) is 17.2. The molecule has 0 saturated heterocycles. The van der Waals surface area contributed by atoms with E-state index in [4.69, 9.17) is 0 Å². The molecule has 18 heavy (non-hydrogen) atoms. The van der Waals surface area contributed by atoms with E-state index in [0.717, 1.165) is 19.3 Å². The van der Waals surface area contributed by atoms with Crippen LogP contribution >= 0.6 is 0 Å². The van der Waals surface area contributed by atoms with Crippen molar-refractivity contribution in [2.75, 3.05) is 7.05 Å². The van der Waals surface area contributed by atoms with Gasteiger partial charge in [0.25, 0.3) is 5.91 Å². The average molecular weight is 252 g/mol. The number of rotatable bonds is 2. The SMILES string of the molecule is CN(C(=O)c1cccc(F)n1)C1CCCCC1O. The first-order chi connectivity index (χ1) is 8.59. The molecule has 1 saturated carbocycles. The summed E-state index contributed by atoms with van der Waals surface area (Å²) in [5.41, 5.74) is 0.0790. The second-order valence-corrected chi connectivity index (χ2v) is 4.68. The summed E-state index contributed by atoms with van der Waals surface area (Å²) in [5.74, 6) is -1.01. The van der Waals surface area contributed by atoms with E-state index in [0.29, 0.717) is 6.42 Å². The minimum absolute atomic E-state index is 0.0790. The molecular weight excluding hydrogens is 235 g/mol. The van der Waals surface area contributed by atoms with E-state index in [2.05, 4.69) is 4.98 Å². The quantitative estimate of drug-likeness (QED) is 0.813. The summed E-state index contributed by atoms with van der Waals surface area (Å²) in [6.07, 6.45) is 2.96. The number of aliphatic hydroxyl groups excluding tert-OH is 1. The van der Waals surface area contributed by atoms with Crippen molar-refractivity contribution in [2.45, 2.75) is 37.8 Å². The summed E-state index contributed by atoms with van der Waals surface area (Å²) in [6, 6.07) is 3.95. The number of nitrogens with zero attached hydrogens (tertiary/aromatic N) is 2. The lowest BCUT2D eigenvalue weighted by Crippen LogP contribution is -2.46. The van der Waals surface area contributed by atoms with Crippen LogP contribution in [0.5, 0.6) is 0 Å². The van der Waals surface area contributed by atoms with Crippen molar-refractivity contribution in [3.8, 4) is 0 Å². The highest BCUT2D eigenvalue weighted by atomic mass is 19.1. The van der Waals surface area contributed by atoms with Crippen molar-refractivity contribution >= 4 is 5.91 Å². The summed E-state index contributed by atoms with van der Waals surface area (Å²) in [6.45, 7) is 0. The summed E-state index contributed by atoms with van der Waals surface area (Å²) >= 11 is 0. The number of hydrogen-bond donors (Lipinski definition) is 1. The van der Waals surface area contributed by atoms with Gasteiger partial charge in [-0.2, -0.15) is 4.39 Å². The van der Waals surface area contributed by atoms with Gasteiger partial charge in [0.15, 0.2) is 0 Å². The van der Waals surface area contributed by atoms with Crippen LogP contribution in [0.15, 0.2) is 18.2 Å². The first-order valence-electron chi connectivity index (χ1n) is 6.17. The molecule has 0 aromatic carbocycles. The Morgan fingerprint density at radius 1 is 1.44 bits per heavy atom. The van der Waals surface area contributed by atoms with Crippen LogP contribution in [-0.2, 0) is 0 Å². The van der Waals surface area contributed by atoms with Crippen LogP contribution in [0, 0.1) is 5.95 Å². The number of hydrogen-bond acceptors (Lipinski definition) is 3. The molecule has 0 aliphatic heterocycles. The van der Waals surface area contributed by atoms with Gasteiger partial charge in [-0.25, -0.2) is 4.98 Å². The topological polar surface area (TPSA) is 53.4 Å². The number of amides is 1. The zero-order valence-corrected chi connectivity index (χ0v) is 10.3. The van der Waals surface area contributed by atoms with Crippen LogP contribution in [0.2, 0.25) is 0 Å². The lowest BCUT2D eigenvalue weighted by molar-refractivity contribution is 0.0264. The third-order valence-corrected chi connectivity index (χ3v) is 3.45. The van der Waals surface area contributed by atoms with Gasteiger partial charge in [0.1, 0.15) is 5.69 Å². The van der Waals surface area contributed by atoms with E-state index in [1.165, 1.54) is 23.1 Å². The standard InChI is InChI=1S/C13H17FN2O2/c1-16(10-6-2-3-7-11(10)17)13(18)9-5-4-8-12(14)15-9/h4-5,8,10-11,17H,2-3,6-7H2,1H3. The van der Waals surface area contributed by atoms with E-state index < -0.39 is 12.1 Å². The molecule has 98 valence electrons. The normalized spacial score (nSPS) is 23.7.